The fraction of sp³-hybridized carbons (Fsp3) is 0.455. The molecule has 4 rings (SSSR count). The van der Waals surface area contributed by atoms with Crippen LogP contribution in [0.2, 0.25) is 0 Å². The van der Waals surface area contributed by atoms with Gasteiger partial charge in [-0.3, -0.25) is 9.80 Å². The fourth-order valence-electron chi connectivity index (χ4n) is 4.29. The molecule has 0 N–H and O–H groups in total. The third-order valence-corrected chi connectivity index (χ3v) is 5.78. The van der Waals surface area contributed by atoms with Crippen LogP contribution in [-0.4, -0.2) is 55.1 Å². The normalized spacial score (nSPS) is 22.5. The van der Waals surface area contributed by atoms with Gasteiger partial charge in [-0.1, -0.05) is 36.4 Å². The van der Waals surface area contributed by atoms with Gasteiger partial charge in [0.2, 0.25) is 0 Å². The van der Waals surface area contributed by atoms with Crippen molar-refractivity contribution in [2.45, 2.75) is 25.4 Å². The van der Waals surface area contributed by atoms with Crippen LogP contribution < -0.4 is 4.90 Å². The minimum absolute atomic E-state index is 0.0806. The predicted molar refractivity (Wildman–Crippen MR) is 105 cm³/mol. The lowest BCUT2D eigenvalue weighted by atomic mass is 10.2. The average molecular weight is 353 g/mol. The molecule has 0 bridgehead atoms. The van der Waals surface area contributed by atoms with Crippen LogP contribution in [0.5, 0.6) is 0 Å². The van der Waals surface area contributed by atoms with E-state index in [9.17, 15) is 4.39 Å². The average Bonchev–Trinajstić information content (AvgIpc) is 3.05. The highest BCUT2D eigenvalue weighted by Gasteiger charge is 2.29. The van der Waals surface area contributed by atoms with Crippen molar-refractivity contribution in [2.75, 3.05) is 44.2 Å². The molecule has 3 nitrogen and oxygen atoms in total. The van der Waals surface area contributed by atoms with Crippen molar-refractivity contribution in [1.82, 2.24) is 9.80 Å². The van der Waals surface area contributed by atoms with Gasteiger partial charge in [-0.2, -0.15) is 0 Å². The number of halogens is 1. The van der Waals surface area contributed by atoms with Crippen molar-refractivity contribution in [3.05, 3.63) is 66.0 Å². The monoisotopic (exact) mass is 353 g/mol. The number of hydrogen-bond donors (Lipinski definition) is 0. The summed E-state index contributed by atoms with van der Waals surface area (Å²) in [7, 11) is 0. The Morgan fingerprint density at radius 1 is 0.846 bits per heavy atom. The van der Waals surface area contributed by atoms with Crippen LogP contribution in [-0.2, 0) is 6.54 Å². The second kappa shape index (κ2) is 8.19. The molecule has 0 spiro atoms. The van der Waals surface area contributed by atoms with Crippen LogP contribution in [0.25, 0.3) is 0 Å². The summed E-state index contributed by atoms with van der Waals surface area (Å²) in [6, 6.07) is 18.6. The van der Waals surface area contributed by atoms with Crippen LogP contribution in [0.3, 0.4) is 0 Å². The van der Waals surface area contributed by atoms with Gasteiger partial charge in [0.15, 0.2) is 0 Å². The number of para-hydroxylation sites is 1. The Bertz CT molecular complexity index is 706. The van der Waals surface area contributed by atoms with Gasteiger partial charge in [-0.05, 0) is 44.1 Å². The van der Waals surface area contributed by atoms with Crippen molar-refractivity contribution in [2.24, 2.45) is 0 Å². The van der Waals surface area contributed by atoms with Crippen molar-refractivity contribution >= 4 is 5.69 Å². The van der Waals surface area contributed by atoms with E-state index in [1.807, 2.05) is 12.1 Å². The maximum Gasteiger partial charge on any atom is 0.127 e. The lowest BCUT2D eigenvalue weighted by Crippen LogP contribution is -2.40. The summed E-state index contributed by atoms with van der Waals surface area (Å²) in [5.41, 5.74) is 2.16. The summed E-state index contributed by atoms with van der Waals surface area (Å²) >= 11 is 0. The topological polar surface area (TPSA) is 9.72 Å². The fourth-order valence-corrected chi connectivity index (χ4v) is 4.29. The molecule has 1 atom stereocenters. The van der Waals surface area contributed by atoms with Gasteiger partial charge < -0.3 is 4.90 Å². The molecular weight excluding hydrogens is 325 g/mol. The Hall–Kier alpha value is -1.91. The SMILES string of the molecule is Fc1ccccc1CN1CCCN(C2CCN(c3ccccc3)C2)CC1. The Morgan fingerprint density at radius 2 is 1.65 bits per heavy atom. The zero-order valence-electron chi connectivity index (χ0n) is 15.4. The van der Waals surface area contributed by atoms with Crippen LogP contribution in [0, 0.1) is 5.82 Å². The van der Waals surface area contributed by atoms with E-state index in [0.29, 0.717) is 6.04 Å². The van der Waals surface area contributed by atoms with E-state index in [0.717, 1.165) is 57.8 Å². The predicted octanol–water partition coefficient (Wildman–Crippen LogP) is 3.61. The standard InChI is InChI=1S/C22H28FN3/c23-22-10-5-4-7-19(22)17-24-12-6-13-25(16-15-24)21-11-14-26(18-21)20-8-2-1-3-9-20/h1-5,7-10,21H,6,11-18H2. The minimum Gasteiger partial charge on any atom is -0.370 e. The molecule has 0 aromatic heterocycles. The third-order valence-electron chi connectivity index (χ3n) is 5.78. The molecule has 0 saturated carbocycles. The van der Waals surface area contributed by atoms with Crippen molar-refractivity contribution in [3.63, 3.8) is 0 Å². The van der Waals surface area contributed by atoms with Gasteiger partial charge >= 0.3 is 0 Å². The van der Waals surface area contributed by atoms with Crippen LogP contribution in [0.4, 0.5) is 10.1 Å². The van der Waals surface area contributed by atoms with E-state index in [-0.39, 0.29) is 5.82 Å². The summed E-state index contributed by atoms with van der Waals surface area (Å²) in [6.45, 7) is 7.31. The summed E-state index contributed by atoms with van der Waals surface area (Å²) in [4.78, 5) is 7.57. The Balaban J connectivity index is 1.32. The van der Waals surface area contributed by atoms with Gasteiger partial charge in [0.1, 0.15) is 5.82 Å². The molecule has 1 unspecified atom stereocenters. The summed E-state index contributed by atoms with van der Waals surface area (Å²) in [5.74, 6) is -0.0806. The number of nitrogens with zero attached hydrogens (tertiary/aromatic N) is 3. The summed E-state index contributed by atoms with van der Waals surface area (Å²) < 4.78 is 13.9. The Morgan fingerprint density at radius 3 is 2.50 bits per heavy atom. The van der Waals surface area contributed by atoms with Gasteiger partial charge in [-0.15, -0.1) is 0 Å². The zero-order valence-corrected chi connectivity index (χ0v) is 15.4. The summed E-state index contributed by atoms with van der Waals surface area (Å²) in [6.07, 6.45) is 2.40. The van der Waals surface area contributed by atoms with E-state index < -0.39 is 0 Å². The number of rotatable bonds is 4. The molecule has 2 heterocycles. The highest BCUT2D eigenvalue weighted by atomic mass is 19.1. The maximum atomic E-state index is 13.9. The second-order valence-corrected chi connectivity index (χ2v) is 7.48. The Labute approximate surface area is 156 Å². The van der Waals surface area contributed by atoms with Crippen LogP contribution in [0.15, 0.2) is 54.6 Å². The van der Waals surface area contributed by atoms with Gasteiger partial charge in [0.05, 0.1) is 0 Å². The smallest absolute Gasteiger partial charge is 0.127 e. The molecule has 4 heteroatoms. The quantitative estimate of drug-likeness (QED) is 0.831. The molecule has 26 heavy (non-hydrogen) atoms. The van der Waals surface area contributed by atoms with Gasteiger partial charge in [0, 0.05) is 50.0 Å². The van der Waals surface area contributed by atoms with Crippen molar-refractivity contribution in [3.8, 4) is 0 Å². The van der Waals surface area contributed by atoms with Crippen LogP contribution in [0.1, 0.15) is 18.4 Å². The lowest BCUT2D eigenvalue weighted by Gasteiger charge is -2.28. The number of anilines is 1. The molecule has 0 amide bonds. The second-order valence-electron chi connectivity index (χ2n) is 7.48. The molecule has 2 aromatic rings. The molecule has 2 saturated heterocycles. The van der Waals surface area contributed by atoms with Crippen molar-refractivity contribution in [1.29, 1.82) is 0 Å². The van der Waals surface area contributed by atoms with Gasteiger partial charge in [-0.25, -0.2) is 4.39 Å². The lowest BCUT2D eigenvalue weighted by molar-refractivity contribution is 0.207. The molecule has 138 valence electrons. The molecule has 0 aliphatic carbocycles. The first-order valence-electron chi connectivity index (χ1n) is 9.79. The van der Waals surface area contributed by atoms with E-state index in [1.165, 1.54) is 12.1 Å². The molecule has 2 aromatic carbocycles. The van der Waals surface area contributed by atoms with E-state index in [1.54, 1.807) is 12.1 Å². The number of hydrogen-bond acceptors (Lipinski definition) is 3. The Kier molecular flexibility index (Phi) is 5.51. The maximum absolute atomic E-state index is 13.9. The highest BCUT2D eigenvalue weighted by molar-refractivity contribution is 5.47. The number of benzene rings is 2. The zero-order chi connectivity index (χ0) is 17.8. The van der Waals surface area contributed by atoms with Crippen molar-refractivity contribution < 1.29 is 4.39 Å². The first-order chi connectivity index (χ1) is 12.8. The molecule has 2 aliphatic heterocycles. The summed E-state index contributed by atoms with van der Waals surface area (Å²) in [5, 5.41) is 0. The molecule has 0 radical (unpaired) electrons. The third kappa shape index (κ3) is 4.08. The van der Waals surface area contributed by atoms with Crippen LogP contribution >= 0.6 is 0 Å². The first kappa shape index (κ1) is 17.5. The van der Waals surface area contributed by atoms with E-state index in [4.69, 9.17) is 0 Å². The molecule has 2 fully saturated rings. The molecule has 2 aliphatic rings. The van der Waals surface area contributed by atoms with E-state index >= 15 is 0 Å². The minimum atomic E-state index is -0.0806. The largest absolute Gasteiger partial charge is 0.370 e. The first-order valence-corrected chi connectivity index (χ1v) is 9.79. The molecular formula is C22H28FN3. The highest BCUT2D eigenvalue weighted by Crippen LogP contribution is 2.24. The van der Waals surface area contributed by atoms with E-state index in [2.05, 4.69) is 45.0 Å². The van der Waals surface area contributed by atoms with Gasteiger partial charge in [0.25, 0.3) is 0 Å².